The standard InChI is InChI=1S/2C12H13.C2H7Si.2ClH.Zr/c2*1-8-6-11-9(2)4-5-10(3)12(11)7-8;1-3-2;;;/h2*4-7H,1-3H3;3H,1-2H3;2*1H;/q;;;;;+2/p-2. The molecule has 0 fully saturated rings. The van der Waals surface area contributed by atoms with Gasteiger partial charge < -0.3 is 24.8 Å². The zero-order chi connectivity index (χ0) is 20.3. The summed E-state index contributed by atoms with van der Waals surface area (Å²) in [6.45, 7) is 19.5. The molecular formula is C26H33Cl2SiZr. The summed E-state index contributed by atoms with van der Waals surface area (Å²) in [6, 6.07) is 9.38. The first-order chi connectivity index (χ1) is 13.2. The van der Waals surface area contributed by atoms with Crippen LogP contribution >= 0.6 is 0 Å². The summed E-state index contributed by atoms with van der Waals surface area (Å²) < 4.78 is 1.53. The van der Waals surface area contributed by atoms with E-state index >= 15 is 0 Å². The third kappa shape index (κ3) is 4.03. The average Bonchev–Trinajstić information content (AvgIpc) is 3.15. The molecule has 0 amide bonds. The van der Waals surface area contributed by atoms with E-state index in [4.69, 9.17) is 0 Å². The number of halogens is 2. The van der Waals surface area contributed by atoms with Crippen molar-refractivity contribution in [2.75, 3.05) is 0 Å². The molecule has 0 aliphatic heterocycles. The smallest absolute Gasteiger partial charge is 1.00 e. The first-order valence-electron chi connectivity index (χ1n) is 10.7. The zero-order valence-corrected chi connectivity index (χ0v) is 24.6. The minimum absolute atomic E-state index is 0. The van der Waals surface area contributed by atoms with Crippen molar-refractivity contribution in [3.8, 4) is 0 Å². The van der Waals surface area contributed by atoms with Gasteiger partial charge in [-0.05, 0) is 0 Å². The largest absolute Gasteiger partial charge is 1.00 e. The fourth-order valence-electron chi connectivity index (χ4n) is 5.63. The molecule has 0 heterocycles. The van der Waals surface area contributed by atoms with Gasteiger partial charge in [0.15, 0.2) is 0 Å². The molecule has 0 saturated heterocycles. The van der Waals surface area contributed by atoms with Gasteiger partial charge in [0.25, 0.3) is 0 Å². The third-order valence-corrected chi connectivity index (χ3v) is 29.1. The molecule has 0 aromatic heterocycles. The normalized spacial score (nSPS) is 18.8. The molecule has 2 aromatic carbocycles. The second-order valence-corrected chi connectivity index (χ2v) is 29.4. The van der Waals surface area contributed by atoms with Gasteiger partial charge in [0, 0.05) is 0 Å². The molecule has 2 aliphatic rings. The number of hydrogen-bond acceptors (Lipinski definition) is 0. The number of benzene rings is 2. The van der Waals surface area contributed by atoms with Gasteiger partial charge in [0.05, 0.1) is 0 Å². The summed E-state index contributed by atoms with van der Waals surface area (Å²) in [5, 5.41) is 0. The fraction of sp³-hybridized carbons (Fsp3) is 0.385. The molecule has 4 rings (SSSR count). The molecule has 2 aromatic rings. The van der Waals surface area contributed by atoms with Crippen molar-refractivity contribution in [1.82, 2.24) is 0 Å². The van der Waals surface area contributed by atoms with Crippen LogP contribution in [0.5, 0.6) is 0 Å². The summed E-state index contributed by atoms with van der Waals surface area (Å²) in [7, 11) is 0. The van der Waals surface area contributed by atoms with Crippen LogP contribution in [0.1, 0.15) is 65.6 Å². The molecule has 2 unspecified atom stereocenters. The Labute approximate surface area is 204 Å². The van der Waals surface area contributed by atoms with E-state index in [1.165, 1.54) is 22.3 Å². The van der Waals surface area contributed by atoms with Crippen molar-refractivity contribution >= 4 is 18.1 Å². The second-order valence-electron chi connectivity index (χ2n) is 9.35. The molecule has 30 heavy (non-hydrogen) atoms. The van der Waals surface area contributed by atoms with Gasteiger partial charge >= 0.3 is 181 Å². The quantitative estimate of drug-likeness (QED) is 0.518. The number of rotatable bonds is 3. The Hall–Kier alpha value is -0.400. The van der Waals surface area contributed by atoms with E-state index in [2.05, 4.69) is 91.1 Å². The maximum Gasteiger partial charge on any atom is -1.00 e. The summed E-state index contributed by atoms with van der Waals surface area (Å²) >= 11 is -1.85. The number of hydrogen-bond donors (Lipinski definition) is 0. The topological polar surface area (TPSA) is 0 Å². The Morgan fingerprint density at radius 3 is 1.27 bits per heavy atom. The Morgan fingerprint density at radius 2 is 0.933 bits per heavy atom. The van der Waals surface area contributed by atoms with Gasteiger partial charge in [-0.15, -0.1) is 0 Å². The Balaban J connectivity index is 0.00000160. The van der Waals surface area contributed by atoms with Gasteiger partial charge in [-0.3, -0.25) is 0 Å². The van der Waals surface area contributed by atoms with Crippen molar-refractivity contribution in [3.05, 3.63) is 79.9 Å². The molecule has 2 aliphatic carbocycles. The van der Waals surface area contributed by atoms with Crippen LogP contribution in [0, 0.1) is 27.7 Å². The Bertz CT molecular complexity index is 956. The summed E-state index contributed by atoms with van der Waals surface area (Å²) in [4.78, 5) is 0. The minimum atomic E-state index is -1.85. The molecule has 0 radical (unpaired) electrons. The van der Waals surface area contributed by atoms with E-state index in [-0.39, 0.29) is 24.8 Å². The van der Waals surface area contributed by atoms with Crippen LogP contribution in [0.25, 0.3) is 12.2 Å². The molecule has 0 saturated carbocycles. The predicted octanol–water partition coefficient (Wildman–Crippen LogP) is 1.15. The van der Waals surface area contributed by atoms with Crippen molar-refractivity contribution in [3.63, 3.8) is 0 Å². The van der Waals surface area contributed by atoms with E-state index < -0.39 is 26.8 Å². The fourth-order valence-corrected chi connectivity index (χ4v) is 29.2. The molecular weight excluding hydrogens is 503 g/mol. The summed E-state index contributed by atoms with van der Waals surface area (Å²) in [5.74, 6) is -0.744. The van der Waals surface area contributed by atoms with Crippen LogP contribution in [0.4, 0.5) is 0 Å². The van der Waals surface area contributed by atoms with Crippen molar-refractivity contribution in [1.29, 1.82) is 0 Å². The zero-order valence-electron chi connectivity index (χ0n) is 19.5. The van der Waals surface area contributed by atoms with Gasteiger partial charge in [0.2, 0.25) is 0 Å². The van der Waals surface area contributed by atoms with Crippen molar-refractivity contribution in [2.45, 2.75) is 61.9 Å². The van der Waals surface area contributed by atoms with Crippen molar-refractivity contribution in [2.24, 2.45) is 0 Å². The van der Waals surface area contributed by atoms with Gasteiger partial charge in [-0.25, -0.2) is 0 Å². The average molecular weight is 536 g/mol. The molecule has 0 nitrogen and oxygen atoms in total. The van der Waals surface area contributed by atoms with Crippen LogP contribution in [0.2, 0.25) is 13.1 Å². The predicted molar refractivity (Wildman–Crippen MR) is 123 cm³/mol. The van der Waals surface area contributed by atoms with Gasteiger partial charge in [-0.1, -0.05) is 0 Å². The van der Waals surface area contributed by atoms with Crippen molar-refractivity contribution < 1.29 is 45.7 Å². The Morgan fingerprint density at radius 1 is 0.600 bits per heavy atom. The molecule has 0 N–H and O–H groups in total. The first kappa shape index (κ1) is 25.9. The summed E-state index contributed by atoms with van der Waals surface area (Å²) in [6.07, 6.45) is 5.08. The Kier molecular flexibility index (Phi) is 8.29. The molecule has 0 bridgehead atoms. The minimum Gasteiger partial charge on any atom is -1.00 e. The molecule has 0 spiro atoms. The number of aryl methyl sites for hydroxylation is 4. The maximum absolute atomic E-state index is 2.65. The van der Waals surface area contributed by atoms with E-state index in [1.54, 1.807) is 33.4 Å². The van der Waals surface area contributed by atoms with Crippen LogP contribution in [-0.4, -0.2) is 5.92 Å². The number of allylic oxidation sites excluding steroid dienone is 2. The van der Waals surface area contributed by atoms with Gasteiger partial charge in [-0.2, -0.15) is 0 Å². The van der Waals surface area contributed by atoms with Crippen LogP contribution in [0.3, 0.4) is 0 Å². The van der Waals surface area contributed by atoms with Gasteiger partial charge in [0.1, 0.15) is 0 Å². The molecule has 2 atom stereocenters. The third-order valence-electron chi connectivity index (χ3n) is 7.01. The number of fused-ring (bicyclic) bond motifs is 2. The summed E-state index contributed by atoms with van der Waals surface area (Å²) in [5.41, 5.74) is 15.8. The maximum atomic E-state index is 2.65. The van der Waals surface area contributed by atoms with Crippen LogP contribution < -0.4 is 24.8 Å². The SMILES string of the molecule is CC1=Cc2c(C)ccc(C)c2[CH]1[Zr+2]([CH]1C(C)=Cc2c(C)ccc(C)c21)[SiH](C)C.[Cl-].[Cl-]. The molecule has 4 heteroatoms. The first-order valence-corrected chi connectivity index (χ1v) is 20.6. The van der Waals surface area contributed by atoms with E-state index in [0.29, 0.717) is 0 Å². The van der Waals surface area contributed by atoms with E-state index in [1.807, 2.05) is 0 Å². The monoisotopic (exact) mass is 533 g/mol. The van der Waals surface area contributed by atoms with E-state index in [9.17, 15) is 0 Å². The van der Waals surface area contributed by atoms with Crippen LogP contribution in [0.15, 0.2) is 35.4 Å². The van der Waals surface area contributed by atoms with E-state index in [0.717, 1.165) is 7.25 Å². The second kappa shape index (κ2) is 9.62. The van der Waals surface area contributed by atoms with Crippen LogP contribution in [-0.2, 0) is 20.9 Å². The molecule has 159 valence electrons.